The molecular formula is C32H37ClF3N3O3. The number of alkyl halides is 3. The third-order valence-corrected chi connectivity index (χ3v) is 7.07. The molecule has 0 unspecified atom stereocenters. The van der Waals surface area contributed by atoms with Crippen LogP contribution in [0.2, 0.25) is 5.02 Å². The predicted molar refractivity (Wildman–Crippen MR) is 158 cm³/mol. The zero-order valence-electron chi connectivity index (χ0n) is 23.8. The molecule has 0 saturated heterocycles. The van der Waals surface area contributed by atoms with Crippen LogP contribution in [0.5, 0.6) is 0 Å². The summed E-state index contributed by atoms with van der Waals surface area (Å²) in [6.07, 6.45) is -3.70. The quantitative estimate of drug-likeness (QED) is 0.208. The van der Waals surface area contributed by atoms with Gasteiger partial charge in [-0.25, -0.2) is 0 Å². The first-order valence-electron chi connectivity index (χ1n) is 14.0. The van der Waals surface area contributed by atoms with Crippen LogP contribution in [0.3, 0.4) is 0 Å². The number of amides is 2. The molecule has 2 atom stereocenters. The van der Waals surface area contributed by atoms with Gasteiger partial charge in [-0.15, -0.1) is 0 Å². The smallest absolute Gasteiger partial charge is 0.390 e. The number of nitrogens with one attached hydrogen (secondary N) is 2. The van der Waals surface area contributed by atoms with Crippen molar-refractivity contribution in [2.24, 2.45) is 0 Å². The summed E-state index contributed by atoms with van der Waals surface area (Å²) in [5.74, 6) is -0.594. The van der Waals surface area contributed by atoms with Gasteiger partial charge in [0.1, 0.15) is 0 Å². The van der Waals surface area contributed by atoms with E-state index in [1.807, 2.05) is 44.2 Å². The topological polar surface area (TPSA) is 81.7 Å². The minimum absolute atomic E-state index is 0.00325. The van der Waals surface area contributed by atoms with Crippen LogP contribution in [0, 0.1) is 0 Å². The van der Waals surface area contributed by atoms with Gasteiger partial charge in [-0.1, -0.05) is 67.9 Å². The zero-order chi connectivity index (χ0) is 30.7. The Kier molecular flexibility index (Phi) is 12.4. The number of hydrogen-bond donors (Lipinski definition) is 3. The van der Waals surface area contributed by atoms with Crippen LogP contribution in [0.15, 0.2) is 72.8 Å². The van der Waals surface area contributed by atoms with Crippen molar-refractivity contribution in [2.45, 2.75) is 58.0 Å². The van der Waals surface area contributed by atoms with Crippen LogP contribution < -0.4 is 10.6 Å². The summed E-state index contributed by atoms with van der Waals surface area (Å²) < 4.78 is 39.7. The molecule has 226 valence electrons. The molecule has 0 spiro atoms. The van der Waals surface area contributed by atoms with Crippen LogP contribution in [-0.4, -0.2) is 53.6 Å². The minimum atomic E-state index is -4.58. The maximum atomic E-state index is 13.3. The van der Waals surface area contributed by atoms with E-state index in [0.29, 0.717) is 30.6 Å². The summed E-state index contributed by atoms with van der Waals surface area (Å²) in [4.78, 5) is 28.2. The lowest BCUT2D eigenvalue weighted by Crippen LogP contribution is -2.48. The van der Waals surface area contributed by atoms with Crippen LogP contribution in [0.4, 0.5) is 13.2 Å². The molecule has 3 rings (SSSR count). The van der Waals surface area contributed by atoms with Gasteiger partial charge < -0.3 is 20.6 Å². The second-order valence-electron chi connectivity index (χ2n) is 10.2. The van der Waals surface area contributed by atoms with Gasteiger partial charge in [-0.05, 0) is 60.7 Å². The molecule has 0 heterocycles. The van der Waals surface area contributed by atoms with Gasteiger partial charge in [0.25, 0.3) is 11.8 Å². The van der Waals surface area contributed by atoms with E-state index in [2.05, 4.69) is 10.6 Å². The van der Waals surface area contributed by atoms with Crippen molar-refractivity contribution in [3.05, 3.63) is 106 Å². The molecule has 0 bridgehead atoms. The van der Waals surface area contributed by atoms with Crippen molar-refractivity contribution >= 4 is 23.4 Å². The first-order valence-corrected chi connectivity index (χ1v) is 14.4. The van der Waals surface area contributed by atoms with E-state index in [1.54, 1.807) is 29.2 Å². The Morgan fingerprint density at radius 3 is 2.21 bits per heavy atom. The maximum absolute atomic E-state index is 13.3. The summed E-state index contributed by atoms with van der Waals surface area (Å²) >= 11 is 5.71. The molecule has 42 heavy (non-hydrogen) atoms. The number of halogens is 4. The Hall–Kier alpha value is -3.40. The van der Waals surface area contributed by atoms with E-state index in [4.69, 9.17) is 11.6 Å². The van der Waals surface area contributed by atoms with Crippen molar-refractivity contribution in [3.63, 3.8) is 0 Å². The molecule has 0 radical (unpaired) electrons. The molecule has 0 aliphatic rings. The molecule has 0 aromatic heterocycles. The van der Waals surface area contributed by atoms with Gasteiger partial charge in [0, 0.05) is 37.3 Å². The molecule has 2 amide bonds. The lowest BCUT2D eigenvalue weighted by atomic mass is 10.00. The van der Waals surface area contributed by atoms with Crippen LogP contribution in [-0.2, 0) is 19.1 Å². The molecule has 0 saturated carbocycles. The molecule has 0 aliphatic carbocycles. The standard InChI is InChI=1S/C32H37ClF3N3O3/c1-3-15-39(16-4-2)31(42)25-12-8-11-24(19-25)30(41)38-28(18-22-9-6-5-7-10-22)29(40)21-37-20-23-13-14-27(33)26(17-23)32(34,35)36/h5-14,17,19,28-29,37,40H,3-4,15-16,18,20-21H2,1-2H3,(H,38,41)/t28-,29+/m0/s1. The summed E-state index contributed by atoms with van der Waals surface area (Å²) in [7, 11) is 0. The second kappa shape index (κ2) is 15.7. The average Bonchev–Trinajstić information content (AvgIpc) is 2.97. The second-order valence-corrected chi connectivity index (χ2v) is 10.6. The lowest BCUT2D eigenvalue weighted by molar-refractivity contribution is -0.137. The summed E-state index contributed by atoms with van der Waals surface area (Å²) in [5.41, 5.74) is 1.00. The number of nitrogens with zero attached hydrogens (tertiary/aromatic N) is 1. The monoisotopic (exact) mass is 603 g/mol. The zero-order valence-corrected chi connectivity index (χ0v) is 24.5. The average molecular weight is 604 g/mol. The van der Waals surface area contributed by atoms with E-state index in [0.717, 1.165) is 24.5 Å². The molecule has 3 aromatic rings. The van der Waals surface area contributed by atoms with E-state index in [-0.39, 0.29) is 29.6 Å². The van der Waals surface area contributed by atoms with Gasteiger partial charge in [-0.3, -0.25) is 9.59 Å². The number of rotatable bonds is 14. The Labute approximate surface area is 249 Å². The van der Waals surface area contributed by atoms with Crippen molar-refractivity contribution in [3.8, 4) is 0 Å². The van der Waals surface area contributed by atoms with Gasteiger partial charge in [-0.2, -0.15) is 13.2 Å². The molecule has 3 aromatic carbocycles. The minimum Gasteiger partial charge on any atom is -0.390 e. The highest BCUT2D eigenvalue weighted by atomic mass is 35.5. The normalized spacial score (nSPS) is 12.9. The SMILES string of the molecule is CCCN(CCC)C(=O)c1cccc(C(=O)N[C@@H](Cc2ccccc2)[C@H](O)CNCc2ccc(Cl)c(C(F)(F)F)c2)c1. The molecule has 3 N–H and O–H groups in total. The van der Waals surface area contributed by atoms with E-state index < -0.39 is 29.8 Å². The number of aliphatic hydroxyl groups excluding tert-OH is 1. The van der Waals surface area contributed by atoms with Gasteiger partial charge in [0.05, 0.1) is 22.7 Å². The highest BCUT2D eigenvalue weighted by Crippen LogP contribution is 2.35. The Bertz CT molecular complexity index is 1320. The molecule has 0 aliphatic heterocycles. The molecular weight excluding hydrogens is 567 g/mol. The Morgan fingerprint density at radius 2 is 1.57 bits per heavy atom. The Balaban J connectivity index is 1.73. The maximum Gasteiger partial charge on any atom is 0.417 e. The largest absolute Gasteiger partial charge is 0.417 e. The first kappa shape index (κ1) is 33.1. The van der Waals surface area contributed by atoms with Crippen LogP contribution in [0.25, 0.3) is 0 Å². The van der Waals surface area contributed by atoms with Crippen LogP contribution in [0.1, 0.15) is 64.1 Å². The van der Waals surface area contributed by atoms with Crippen LogP contribution >= 0.6 is 11.6 Å². The summed E-state index contributed by atoms with van der Waals surface area (Å²) in [6, 6.07) is 18.7. The number of hydrogen-bond acceptors (Lipinski definition) is 4. The number of carbonyl (C=O) groups is 2. The molecule has 0 fully saturated rings. The van der Waals surface area contributed by atoms with Crippen molar-refractivity contribution in [2.75, 3.05) is 19.6 Å². The van der Waals surface area contributed by atoms with Crippen molar-refractivity contribution in [1.82, 2.24) is 15.5 Å². The van der Waals surface area contributed by atoms with E-state index in [9.17, 15) is 27.9 Å². The van der Waals surface area contributed by atoms with Gasteiger partial charge >= 0.3 is 6.18 Å². The molecule has 10 heteroatoms. The predicted octanol–water partition coefficient (Wildman–Crippen LogP) is 6.11. The summed E-state index contributed by atoms with van der Waals surface area (Å²) in [5, 5.41) is 16.6. The third-order valence-electron chi connectivity index (χ3n) is 6.74. The fourth-order valence-electron chi connectivity index (χ4n) is 4.64. The number of aliphatic hydroxyl groups is 1. The van der Waals surface area contributed by atoms with E-state index >= 15 is 0 Å². The summed E-state index contributed by atoms with van der Waals surface area (Å²) in [6.45, 7) is 5.30. The Morgan fingerprint density at radius 1 is 0.905 bits per heavy atom. The fourth-order valence-corrected chi connectivity index (χ4v) is 4.86. The van der Waals surface area contributed by atoms with E-state index in [1.165, 1.54) is 12.1 Å². The molecule has 6 nitrogen and oxygen atoms in total. The lowest BCUT2D eigenvalue weighted by Gasteiger charge is -2.25. The van der Waals surface area contributed by atoms with Crippen molar-refractivity contribution in [1.29, 1.82) is 0 Å². The van der Waals surface area contributed by atoms with Gasteiger partial charge in [0.2, 0.25) is 0 Å². The van der Waals surface area contributed by atoms with Crippen molar-refractivity contribution < 1.29 is 27.9 Å². The highest BCUT2D eigenvalue weighted by Gasteiger charge is 2.33. The fraction of sp³-hybridized carbons (Fsp3) is 0.375. The number of carbonyl (C=O) groups excluding carboxylic acids is 2. The highest BCUT2D eigenvalue weighted by molar-refractivity contribution is 6.31. The number of benzene rings is 3. The first-order chi connectivity index (χ1) is 20.0. The third kappa shape index (κ3) is 9.58. The van der Waals surface area contributed by atoms with Gasteiger partial charge in [0.15, 0.2) is 0 Å².